The quantitative estimate of drug-likeness (QED) is 0.818. The van der Waals surface area contributed by atoms with Gasteiger partial charge in [0.15, 0.2) is 0 Å². The minimum Gasteiger partial charge on any atom is -0.389 e. The van der Waals surface area contributed by atoms with Crippen molar-refractivity contribution in [2.24, 2.45) is 5.92 Å². The average Bonchev–Trinajstić information content (AvgIpc) is 2.38. The highest BCUT2D eigenvalue weighted by molar-refractivity contribution is 7.87. The maximum Gasteiger partial charge on any atom is 0.279 e. The molecule has 1 aliphatic carbocycles. The van der Waals surface area contributed by atoms with Crippen molar-refractivity contribution < 1.29 is 13.5 Å². The Morgan fingerprint density at radius 1 is 1.21 bits per heavy atom. The number of hydrogen-bond acceptors (Lipinski definition) is 3. The fourth-order valence-corrected chi connectivity index (χ4v) is 4.25. The second-order valence-corrected chi connectivity index (χ2v) is 7.95. The first kappa shape index (κ1) is 15.2. The second-order valence-electron chi connectivity index (χ2n) is 6.19. The maximum atomic E-state index is 12.2. The van der Waals surface area contributed by atoms with Crippen LogP contribution >= 0.6 is 0 Å². The van der Waals surface area contributed by atoms with Gasteiger partial charge in [-0.2, -0.15) is 17.4 Å². The Kier molecular flexibility index (Phi) is 4.87. The minimum atomic E-state index is -3.42. The number of piperidine rings is 1. The van der Waals surface area contributed by atoms with Crippen LogP contribution in [-0.4, -0.2) is 43.1 Å². The summed E-state index contributed by atoms with van der Waals surface area (Å²) >= 11 is 0. The van der Waals surface area contributed by atoms with Gasteiger partial charge in [-0.05, 0) is 31.6 Å². The first-order valence-electron chi connectivity index (χ1n) is 7.38. The van der Waals surface area contributed by atoms with Crippen LogP contribution in [0.4, 0.5) is 0 Å². The van der Waals surface area contributed by atoms with E-state index in [9.17, 15) is 13.5 Å². The van der Waals surface area contributed by atoms with Gasteiger partial charge >= 0.3 is 0 Å². The molecular weight excluding hydrogens is 264 g/mol. The van der Waals surface area contributed by atoms with Crippen molar-refractivity contribution in [3.63, 3.8) is 0 Å². The summed E-state index contributed by atoms with van der Waals surface area (Å²) in [6.45, 7) is 3.49. The predicted octanol–water partition coefficient (Wildman–Crippen LogP) is 1.25. The SMILES string of the molecule is CC1CCN(S(=O)(=O)NCC2(O)CCCCC2)CC1. The molecule has 0 atom stereocenters. The Bertz CT molecular complexity index is 383. The van der Waals surface area contributed by atoms with Crippen molar-refractivity contribution in [3.8, 4) is 0 Å². The van der Waals surface area contributed by atoms with Crippen LogP contribution in [0.1, 0.15) is 51.9 Å². The Morgan fingerprint density at radius 2 is 1.79 bits per heavy atom. The molecule has 5 nitrogen and oxygen atoms in total. The monoisotopic (exact) mass is 290 g/mol. The summed E-state index contributed by atoms with van der Waals surface area (Å²) in [7, 11) is -3.42. The van der Waals surface area contributed by atoms with Crippen LogP contribution in [0.3, 0.4) is 0 Å². The molecule has 1 saturated heterocycles. The maximum absolute atomic E-state index is 12.2. The molecule has 0 bridgehead atoms. The zero-order valence-electron chi connectivity index (χ0n) is 11.8. The van der Waals surface area contributed by atoms with Crippen LogP contribution in [-0.2, 0) is 10.2 Å². The normalized spacial score (nSPS) is 26.4. The van der Waals surface area contributed by atoms with Gasteiger partial charge in [-0.3, -0.25) is 0 Å². The van der Waals surface area contributed by atoms with Gasteiger partial charge in [0.1, 0.15) is 0 Å². The van der Waals surface area contributed by atoms with E-state index in [4.69, 9.17) is 0 Å². The van der Waals surface area contributed by atoms with Crippen molar-refractivity contribution in [1.29, 1.82) is 0 Å². The molecule has 2 rings (SSSR count). The minimum absolute atomic E-state index is 0.154. The van der Waals surface area contributed by atoms with Gasteiger partial charge in [0, 0.05) is 19.6 Å². The van der Waals surface area contributed by atoms with Gasteiger partial charge in [-0.25, -0.2) is 0 Å². The van der Waals surface area contributed by atoms with E-state index >= 15 is 0 Å². The summed E-state index contributed by atoms with van der Waals surface area (Å²) in [6.07, 6.45) is 6.35. The van der Waals surface area contributed by atoms with Crippen LogP contribution in [0, 0.1) is 5.92 Å². The Balaban J connectivity index is 1.87. The molecule has 2 N–H and O–H groups in total. The molecule has 6 heteroatoms. The van der Waals surface area contributed by atoms with E-state index in [-0.39, 0.29) is 6.54 Å². The van der Waals surface area contributed by atoms with E-state index in [2.05, 4.69) is 11.6 Å². The fraction of sp³-hybridized carbons (Fsp3) is 1.00. The van der Waals surface area contributed by atoms with E-state index in [1.165, 1.54) is 4.31 Å². The highest BCUT2D eigenvalue weighted by Crippen LogP contribution is 2.27. The molecule has 1 saturated carbocycles. The lowest BCUT2D eigenvalue weighted by molar-refractivity contribution is 0.00908. The van der Waals surface area contributed by atoms with Gasteiger partial charge < -0.3 is 5.11 Å². The summed E-state index contributed by atoms with van der Waals surface area (Å²) < 4.78 is 28.5. The number of rotatable bonds is 4. The lowest BCUT2D eigenvalue weighted by atomic mass is 9.85. The van der Waals surface area contributed by atoms with Gasteiger partial charge in [0.05, 0.1) is 5.60 Å². The fourth-order valence-electron chi connectivity index (χ4n) is 2.93. The summed E-state index contributed by atoms with van der Waals surface area (Å²) in [5.74, 6) is 0.606. The van der Waals surface area contributed by atoms with Gasteiger partial charge in [-0.1, -0.05) is 26.2 Å². The van der Waals surface area contributed by atoms with Gasteiger partial charge in [0.2, 0.25) is 0 Å². The molecule has 2 fully saturated rings. The summed E-state index contributed by atoms with van der Waals surface area (Å²) in [4.78, 5) is 0. The summed E-state index contributed by atoms with van der Waals surface area (Å²) in [6, 6.07) is 0. The number of aliphatic hydroxyl groups is 1. The van der Waals surface area contributed by atoms with Crippen LogP contribution in [0.15, 0.2) is 0 Å². The van der Waals surface area contributed by atoms with Gasteiger partial charge in [-0.15, -0.1) is 0 Å². The third-order valence-electron chi connectivity index (χ3n) is 4.45. The molecule has 1 heterocycles. The molecule has 0 unspecified atom stereocenters. The Labute approximate surface area is 116 Å². The smallest absolute Gasteiger partial charge is 0.279 e. The third kappa shape index (κ3) is 4.15. The largest absolute Gasteiger partial charge is 0.389 e. The molecule has 0 aromatic heterocycles. The summed E-state index contributed by atoms with van der Waals surface area (Å²) in [5, 5.41) is 10.3. The third-order valence-corrected chi connectivity index (χ3v) is 6.00. The van der Waals surface area contributed by atoms with E-state index in [0.29, 0.717) is 31.8 Å². The lowest BCUT2D eigenvalue weighted by Gasteiger charge is -2.34. The molecule has 0 radical (unpaired) electrons. The molecule has 0 amide bonds. The molecule has 2 aliphatic rings. The van der Waals surface area contributed by atoms with Crippen LogP contribution in [0.5, 0.6) is 0 Å². The number of hydrogen-bond donors (Lipinski definition) is 2. The van der Waals surface area contributed by atoms with Crippen molar-refractivity contribution in [2.75, 3.05) is 19.6 Å². The predicted molar refractivity (Wildman–Crippen MR) is 74.9 cm³/mol. The first-order chi connectivity index (χ1) is 8.91. The zero-order valence-corrected chi connectivity index (χ0v) is 12.6. The van der Waals surface area contributed by atoms with E-state index in [1.807, 2.05) is 0 Å². The van der Waals surface area contributed by atoms with Crippen molar-refractivity contribution in [3.05, 3.63) is 0 Å². The zero-order chi connectivity index (χ0) is 13.9. The number of nitrogens with zero attached hydrogens (tertiary/aromatic N) is 1. The standard InChI is InChI=1S/C13H26N2O3S/c1-12-5-9-15(10-6-12)19(17,18)14-11-13(16)7-3-2-4-8-13/h12,14,16H,2-11H2,1H3. The number of nitrogens with one attached hydrogen (secondary N) is 1. The molecule has 0 spiro atoms. The van der Waals surface area contributed by atoms with E-state index < -0.39 is 15.8 Å². The molecule has 0 aromatic rings. The molecule has 0 aromatic carbocycles. The van der Waals surface area contributed by atoms with Crippen molar-refractivity contribution in [1.82, 2.24) is 9.03 Å². The first-order valence-corrected chi connectivity index (χ1v) is 8.82. The topological polar surface area (TPSA) is 69.6 Å². The molecule has 19 heavy (non-hydrogen) atoms. The van der Waals surface area contributed by atoms with Crippen LogP contribution < -0.4 is 4.72 Å². The molecule has 112 valence electrons. The summed E-state index contributed by atoms with van der Waals surface area (Å²) in [5.41, 5.74) is -0.839. The average molecular weight is 290 g/mol. The highest BCUT2D eigenvalue weighted by atomic mass is 32.2. The van der Waals surface area contributed by atoms with Crippen molar-refractivity contribution >= 4 is 10.2 Å². The van der Waals surface area contributed by atoms with E-state index in [0.717, 1.165) is 32.1 Å². The Hall–Kier alpha value is -0.170. The molecule has 1 aliphatic heterocycles. The van der Waals surface area contributed by atoms with Crippen LogP contribution in [0.25, 0.3) is 0 Å². The van der Waals surface area contributed by atoms with Crippen molar-refractivity contribution in [2.45, 2.75) is 57.5 Å². The van der Waals surface area contributed by atoms with Gasteiger partial charge in [0.25, 0.3) is 10.2 Å². The van der Waals surface area contributed by atoms with E-state index in [1.54, 1.807) is 0 Å². The van der Waals surface area contributed by atoms with Crippen LogP contribution in [0.2, 0.25) is 0 Å². The highest BCUT2D eigenvalue weighted by Gasteiger charge is 2.33. The molecular formula is C13H26N2O3S. The second kappa shape index (κ2) is 6.08. The Morgan fingerprint density at radius 3 is 2.37 bits per heavy atom. The lowest BCUT2D eigenvalue weighted by Crippen LogP contribution is -2.50.